The van der Waals surface area contributed by atoms with Crippen LogP contribution in [0.25, 0.3) is 0 Å². The van der Waals surface area contributed by atoms with Gasteiger partial charge in [-0.3, -0.25) is 9.59 Å². The summed E-state index contributed by atoms with van der Waals surface area (Å²) in [6.45, 7) is 0. The number of primary amides is 1. The third-order valence-electron chi connectivity index (χ3n) is 3.81. The van der Waals surface area contributed by atoms with E-state index in [0.29, 0.717) is 12.0 Å². The van der Waals surface area contributed by atoms with Crippen molar-refractivity contribution in [2.75, 3.05) is 7.05 Å². The predicted octanol–water partition coefficient (Wildman–Crippen LogP) is 2.10. The molecule has 0 bridgehead atoms. The van der Waals surface area contributed by atoms with E-state index in [2.05, 4.69) is 0 Å². The van der Waals surface area contributed by atoms with Crippen LogP contribution in [0.15, 0.2) is 24.3 Å². The Morgan fingerprint density at radius 2 is 1.86 bits per heavy atom. The van der Waals surface area contributed by atoms with Gasteiger partial charge in [0.1, 0.15) is 0 Å². The minimum absolute atomic E-state index is 0.155. The standard InChI is InChI=1S/C14H15F3N2O2/c1-19-11(20)7-6-10(13(18)21)12(19)8-2-4-9(5-3-8)14(15,16)17/h2-5,10,12H,6-7H2,1H3,(H2,18,21)/t10-,12+/m1/s1. The summed E-state index contributed by atoms with van der Waals surface area (Å²) in [4.78, 5) is 24.7. The largest absolute Gasteiger partial charge is 0.416 e. The summed E-state index contributed by atoms with van der Waals surface area (Å²) in [5.74, 6) is -1.30. The van der Waals surface area contributed by atoms with Gasteiger partial charge in [-0.15, -0.1) is 0 Å². The van der Waals surface area contributed by atoms with Crippen molar-refractivity contribution in [2.24, 2.45) is 11.7 Å². The van der Waals surface area contributed by atoms with Gasteiger partial charge in [-0.2, -0.15) is 13.2 Å². The van der Waals surface area contributed by atoms with Crippen LogP contribution in [-0.4, -0.2) is 23.8 Å². The summed E-state index contributed by atoms with van der Waals surface area (Å²) in [6, 6.07) is 3.85. The number of hydrogen-bond acceptors (Lipinski definition) is 2. The average molecular weight is 300 g/mol. The van der Waals surface area contributed by atoms with Gasteiger partial charge in [0.15, 0.2) is 0 Å². The van der Waals surface area contributed by atoms with E-state index >= 15 is 0 Å². The summed E-state index contributed by atoms with van der Waals surface area (Å²) in [5, 5.41) is 0. The summed E-state index contributed by atoms with van der Waals surface area (Å²) in [6.07, 6.45) is -3.90. The fourth-order valence-electron chi connectivity index (χ4n) is 2.66. The number of hydrogen-bond donors (Lipinski definition) is 1. The quantitative estimate of drug-likeness (QED) is 0.909. The van der Waals surface area contributed by atoms with Crippen molar-refractivity contribution in [3.63, 3.8) is 0 Å². The van der Waals surface area contributed by atoms with Crippen LogP contribution in [0.1, 0.15) is 30.0 Å². The van der Waals surface area contributed by atoms with Crippen LogP contribution < -0.4 is 5.73 Å². The molecule has 1 fully saturated rings. The molecule has 2 amide bonds. The van der Waals surface area contributed by atoms with Gasteiger partial charge < -0.3 is 10.6 Å². The third kappa shape index (κ3) is 3.01. The maximum Gasteiger partial charge on any atom is 0.416 e. The molecule has 1 heterocycles. The van der Waals surface area contributed by atoms with Crippen molar-refractivity contribution in [1.82, 2.24) is 4.90 Å². The Labute approximate surface area is 119 Å². The lowest BCUT2D eigenvalue weighted by Crippen LogP contribution is -2.44. The molecule has 1 saturated heterocycles. The zero-order chi connectivity index (χ0) is 15.8. The Morgan fingerprint density at radius 1 is 1.29 bits per heavy atom. The molecule has 4 nitrogen and oxygen atoms in total. The molecule has 1 aliphatic heterocycles. The number of carbonyl (C=O) groups excluding carboxylic acids is 2. The van der Waals surface area contributed by atoms with E-state index in [4.69, 9.17) is 5.73 Å². The first kappa shape index (κ1) is 15.3. The van der Waals surface area contributed by atoms with Crippen molar-refractivity contribution in [3.8, 4) is 0 Å². The topological polar surface area (TPSA) is 63.4 Å². The van der Waals surface area contributed by atoms with Crippen LogP contribution >= 0.6 is 0 Å². The number of nitrogens with zero attached hydrogens (tertiary/aromatic N) is 1. The molecule has 7 heteroatoms. The van der Waals surface area contributed by atoms with Crippen molar-refractivity contribution < 1.29 is 22.8 Å². The van der Waals surface area contributed by atoms with E-state index in [-0.39, 0.29) is 12.3 Å². The summed E-state index contributed by atoms with van der Waals surface area (Å²) in [5.41, 5.74) is 5.05. The fraction of sp³-hybridized carbons (Fsp3) is 0.429. The van der Waals surface area contributed by atoms with Crippen molar-refractivity contribution in [2.45, 2.75) is 25.1 Å². The molecule has 2 atom stereocenters. The number of benzene rings is 1. The highest BCUT2D eigenvalue weighted by Gasteiger charge is 2.38. The lowest BCUT2D eigenvalue weighted by molar-refractivity contribution is -0.141. The van der Waals surface area contributed by atoms with Gasteiger partial charge in [-0.05, 0) is 24.1 Å². The fourth-order valence-corrected chi connectivity index (χ4v) is 2.66. The maximum atomic E-state index is 12.6. The second kappa shape index (κ2) is 5.38. The normalized spacial score (nSPS) is 23.2. The monoisotopic (exact) mass is 300 g/mol. The van der Waals surface area contributed by atoms with Crippen LogP contribution in [0.5, 0.6) is 0 Å². The molecule has 1 aliphatic rings. The molecular formula is C14H15F3N2O2. The molecule has 0 aromatic heterocycles. The highest BCUT2D eigenvalue weighted by molar-refractivity contribution is 5.83. The Morgan fingerprint density at radius 3 is 2.33 bits per heavy atom. The number of nitrogens with two attached hydrogens (primary N) is 1. The van der Waals surface area contributed by atoms with Gasteiger partial charge in [0.05, 0.1) is 17.5 Å². The van der Waals surface area contributed by atoms with Gasteiger partial charge >= 0.3 is 6.18 Å². The third-order valence-corrected chi connectivity index (χ3v) is 3.81. The second-order valence-electron chi connectivity index (χ2n) is 5.12. The number of amides is 2. The SMILES string of the molecule is CN1C(=O)CC[C@@H](C(N)=O)[C@@H]1c1ccc(C(F)(F)F)cc1. The lowest BCUT2D eigenvalue weighted by atomic mass is 9.84. The first-order valence-electron chi connectivity index (χ1n) is 6.44. The molecular weight excluding hydrogens is 285 g/mol. The Balaban J connectivity index is 2.36. The molecule has 0 unspecified atom stereocenters. The second-order valence-corrected chi connectivity index (χ2v) is 5.12. The lowest BCUT2D eigenvalue weighted by Gasteiger charge is -2.37. The van der Waals surface area contributed by atoms with Crippen LogP contribution in [0.4, 0.5) is 13.2 Å². The highest BCUT2D eigenvalue weighted by Crippen LogP contribution is 2.37. The van der Waals surface area contributed by atoms with Crippen molar-refractivity contribution in [1.29, 1.82) is 0 Å². The van der Waals surface area contributed by atoms with Gasteiger partial charge in [0.2, 0.25) is 11.8 Å². The first-order valence-corrected chi connectivity index (χ1v) is 6.44. The molecule has 114 valence electrons. The smallest absolute Gasteiger partial charge is 0.369 e. The minimum atomic E-state index is -4.42. The number of rotatable bonds is 2. The predicted molar refractivity (Wildman–Crippen MR) is 68.9 cm³/mol. The van der Waals surface area contributed by atoms with E-state index < -0.39 is 29.6 Å². The number of halogens is 3. The van der Waals surface area contributed by atoms with E-state index in [1.165, 1.54) is 24.1 Å². The van der Waals surface area contributed by atoms with Crippen LogP contribution in [0.2, 0.25) is 0 Å². The Kier molecular flexibility index (Phi) is 3.93. The number of likely N-dealkylation sites (tertiary alicyclic amines) is 1. The van der Waals surface area contributed by atoms with Crippen molar-refractivity contribution in [3.05, 3.63) is 35.4 Å². The number of alkyl halides is 3. The zero-order valence-corrected chi connectivity index (χ0v) is 11.4. The van der Waals surface area contributed by atoms with E-state index in [9.17, 15) is 22.8 Å². The zero-order valence-electron chi connectivity index (χ0n) is 11.4. The average Bonchev–Trinajstić information content (AvgIpc) is 2.40. The molecule has 1 aromatic rings. The van der Waals surface area contributed by atoms with Gasteiger partial charge in [-0.25, -0.2) is 0 Å². The Bertz CT molecular complexity index is 554. The van der Waals surface area contributed by atoms with Gasteiger partial charge in [0, 0.05) is 13.5 Å². The molecule has 1 aromatic carbocycles. The molecule has 0 aliphatic carbocycles. The summed E-state index contributed by atoms with van der Waals surface area (Å²) < 4.78 is 37.7. The molecule has 0 spiro atoms. The molecule has 2 rings (SSSR count). The summed E-state index contributed by atoms with van der Waals surface area (Å²) >= 11 is 0. The molecule has 2 N–H and O–H groups in total. The first-order chi connectivity index (χ1) is 9.71. The van der Waals surface area contributed by atoms with Crippen LogP contribution in [-0.2, 0) is 15.8 Å². The highest BCUT2D eigenvalue weighted by atomic mass is 19.4. The van der Waals surface area contributed by atoms with E-state index in [0.717, 1.165) is 12.1 Å². The summed E-state index contributed by atoms with van der Waals surface area (Å²) in [7, 11) is 1.53. The number of piperidine rings is 1. The maximum absolute atomic E-state index is 12.6. The van der Waals surface area contributed by atoms with Crippen LogP contribution in [0, 0.1) is 5.92 Å². The molecule has 0 radical (unpaired) electrons. The van der Waals surface area contributed by atoms with E-state index in [1.54, 1.807) is 0 Å². The minimum Gasteiger partial charge on any atom is -0.369 e. The van der Waals surface area contributed by atoms with Gasteiger partial charge in [0.25, 0.3) is 0 Å². The van der Waals surface area contributed by atoms with E-state index in [1.807, 2.05) is 0 Å². The van der Waals surface area contributed by atoms with Crippen LogP contribution in [0.3, 0.4) is 0 Å². The van der Waals surface area contributed by atoms with Crippen molar-refractivity contribution >= 4 is 11.8 Å². The molecule has 21 heavy (non-hydrogen) atoms. The molecule has 0 saturated carbocycles. The Hall–Kier alpha value is -2.05. The van der Waals surface area contributed by atoms with Gasteiger partial charge in [-0.1, -0.05) is 12.1 Å². The number of carbonyl (C=O) groups is 2.